The number of hydrogen-bond donors (Lipinski definition) is 0. The molecule has 0 amide bonds. The number of halogens is 2. The molecule has 6 heteroatoms. The number of hydrogen-bond acceptors (Lipinski definition) is 3. The molecule has 0 saturated carbocycles. The van der Waals surface area contributed by atoms with Crippen LogP contribution in [0, 0.1) is 0 Å². The smallest absolute Gasteiger partial charge is 0.408 e. The van der Waals surface area contributed by atoms with Gasteiger partial charge in [0.25, 0.3) is 5.56 Å². The van der Waals surface area contributed by atoms with Crippen molar-refractivity contribution >= 4 is 42.8 Å². The maximum Gasteiger partial charge on any atom is 0.427 e. The van der Waals surface area contributed by atoms with Crippen molar-refractivity contribution < 1.29 is 4.42 Å². The SMILES string of the molecule is O=c1oc2c(Br)cc(Br)cc2c(=O)n1-c1ccc(-c2ccccc2)cc1. The zero-order valence-electron chi connectivity index (χ0n) is 13.3. The van der Waals surface area contributed by atoms with Crippen LogP contribution in [0.1, 0.15) is 0 Å². The lowest BCUT2D eigenvalue weighted by Gasteiger charge is -2.08. The van der Waals surface area contributed by atoms with Crippen molar-refractivity contribution in [2.45, 2.75) is 0 Å². The zero-order chi connectivity index (χ0) is 18.3. The zero-order valence-corrected chi connectivity index (χ0v) is 16.5. The molecule has 0 saturated heterocycles. The molecule has 1 aromatic heterocycles. The molecule has 0 aliphatic rings. The summed E-state index contributed by atoms with van der Waals surface area (Å²) in [6.07, 6.45) is 0. The Labute approximate surface area is 165 Å². The number of nitrogens with zero attached hydrogens (tertiary/aromatic N) is 1. The standard InChI is InChI=1S/C20H11Br2NO3/c21-14-10-16-18(17(22)11-14)26-20(25)23(19(16)24)15-8-6-13(7-9-15)12-4-2-1-3-5-12/h1-11H. The molecule has 0 atom stereocenters. The van der Waals surface area contributed by atoms with E-state index >= 15 is 0 Å². The molecular weight excluding hydrogens is 462 g/mol. The maximum absolute atomic E-state index is 12.9. The van der Waals surface area contributed by atoms with Gasteiger partial charge in [0.05, 0.1) is 15.5 Å². The fraction of sp³-hybridized carbons (Fsp3) is 0. The van der Waals surface area contributed by atoms with Gasteiger partial charge >= 0.3 is 5.76 Å². The largest absolute Gasteiger partial charge is 0.427 e. The monoisotopic (exact) mass is 471 g/mol. The van der Waals surface area contributed by atoms with Gasteiger partial charge in [0.15, 0.2) is 5.58 Å². The number of fused-ring (bicyclic) bond motifs is 1. The van der Waals surface area contributed by atoms with Crippen LogP contribution in [-0.4, -0.2) is 4.57 Å². The molecule has 0 fully saturated rings. The van der Waals surface area contributed by atoms with Gasteiger partial charge in [-0.1, -0.05) is 58.4 Å². The van der Waals surface area contributed by atoms with Crippen molar-refractivity contribution in [2.24, 2.45) is 0 Å². The molecule has 0 radical (unpaired) electrons. The van der Waals surface area contributed by atoms with Crippen LogP contribution in [-0.2, 0) is 0 Å². The Kier molecular flexibility index (Phi) is 4.38. The third-order valence-corrected chi connectivity index (χ3v) is 5.09. The third-order valence-electron chi connectivity index (χ3n) is 4.05. The van der Waals surface area contributed by atoms with Crippen LogP contribution >= 0.6 is 31.9 Å². The van der Waals surface area contributed by atoms with E-state index < -0.39 is 11.3 Å². The Morgan fingerprint density at radius 1 is 0.808 bits per heavy atom. The average molecular weight is 473 g/mol. The van der Waals surface area contributed by atoms with Crippen LogP contribution in [0.2, 0.25) is 0 Å². The molecule has 0 spiro atoms. The van der Waals surface area contributed by atoms with Crippen LogP contribution in [0.25, 0.3) is 27.8 Å². The summed E-state index contributed by atoms with van der Waals surface area (Å²) >= 11 is 6.68. The third kappa shape index (κ3) is 2.95. The first kappa shape index (κ1) is 17.0. The Bertz CT molecular complexity index is 1230. The van der Waals surface area contributed by atoms with Crippen molar-refractivity contribution in [1.29, 1.82) is 0 Å². The van der Waals surface area contributed by atoms with Gasteiger partial charge in [-0.2, -0.15) is 0 Å². The highest BCUT2D eigenvalue weighted by Crippen LogP contribution is 2.26. The summed E-state index contributed by atoms with van der Waals surface area (Å²) in [4.78, 5) is 25.3. The lowest BCUT2D eigenvalue weighted by atomic mass is 10.1. The molecule has 4 aromatic rings. The van der Waals surface area contributed by atoms with E-state index in [0.29, 0.717) is 20.0 Å². The predicted octanol–water partition coefficient (Wildman–Crippen LogP) is 5.14. The predicted molar refractivity (Wildman–Crippen MR) is 109 cm³/mol. The summed E-state index contributed by atoms with van der Waals surface area (Å²) in [7, 11) is 0. The Hall–Kier alpha value is -2.44. The molecule has 0 aliphatic heterocycles. The van der Waals surface area contributed by atoms with Gasteiger partial charge in [-0.3, -0.25) is 4.79 Å². The summed E-state index contributed by atoms with van der Waals surface area (Å²) < 4.78 is 7.67. The second kappa shape index (κ2) is 6.70. The van der Waals surface area contributed by atoms with Crippen molar-refractivity contribution in [3.05, 3.63) is 96.6 Å². The topological polar surface area (TPSA) is 52.2 Å². The van der Waals surface area contributed by atoms with Crippen molar-refractivity contribution in [2.75, 3.05) is 0 Å². The van der Waals surface area contributed by atoms with Crippen molar-refractivity contribution in [3.8, 4) is 16.8 Å². The van der Waals surface area contributed by atoms with Gasteiger partial charge in [0.1, 0.15) is 0 Å². The molecule has 128 valence electrons. The van der Waals surface area contributed by atoms with Crippen LogP contribution in [0.5, 0.6) is 0 Å². The first-order valence-corrected chi connectivity index (χ1v) is 9.34. The molecule has 0 N–H and O–H groups in total. The highest BCUT2D eigenvalue weighted by atomic mass is 79.9. The summed E-state index contributed by atoms with van der Waals surface area (Å²) in [6, 6.07) is 20.5. The molecule has 0 unspecified atom stereocenters. The lowest BCUT2D eigenvalue weighted by molar-refractivity contribution is 0.502. The van der Waals surface area contributed by atoms with Gasteiger partial charge in [-0.05, 0) is 51.3 Å². The van der Waals surface area contributed by atoms with E-state index in [4.69, 9.17) is 4.42 Å². The molecule has 4 rings (SSSR count). The van der Waals surface area contributed by atoms with E-state index in [1.807, 2.05) is 42.5 Å². The first-order chi connectivity index (χ1) is 12.5. The quantitative estimate of drug-likeness (QED) is 0.406. The van der Waals surface area contributed by atoms with Crippen LogP contribution < -0.4 is 11.3 Å². The van der Waals surface area contributed by atoms with Crippen LogP contribution in [0.3, 0.4) is 0 Å². The van der Waals surface area contributed by atoms with E-state index in [1.54, 1.807) is 24.3 Å². The highest BCUT2D eigenvalue weighted by Gasteiger charge is 2.14. The van der Waals surface area contributed by atoms with Crippen LogP contribution in [0.4, 0.5) is 0 Å². The summed E-state index contributed by atoms with van der Waals surface area (Å²) in [5.41, 5.74) is 2.33. The maximum atomic E-state index is 12.9. The van der Waals surface area contributed by atoms with Gasteiger partial charge < -0.3 is 4.42 Å². The molecule has 4 nitrogen and oxygen atoms in total. The Morgan fingerprint density at radius 2 is 1.46 bits per heavy atom. The summed E-state index contributed by atoms with van der Waals surface area (Å²) in [6.45, 7) is 0. The van der Waals surface area contributed by atoms with E-state index in [2.05, 4.69) is 31.9 Å². The van der Waals surface area contributed by atoms with Gasteiger partial charge in [-0.15, -0.1) is 0 Å². The Morgan fingerprint density at radius 3 is 2.15 bits per heavy atom. The summed E-state index contributed by atoms with van der Waals surface area (Å²) in [5.74, 6) is -0.724. The fourth-order valence-electron chi connectivity index (χ4n) is 2.82. The second-order valence-electron chi connectivity index (χ2n) is 5.69. The molecule has 26 heavy (non-hydrogen) atoms. The lowest BCUT2D eigenvalue weighted by Crippen LogP contribution is -2.31. The van der Waals surface area contributed by atoms with Gasteiger partial charge in [0, 0.05) is 4.47 Å². The summed E-state index contributed by atoms with van der Waals surface area (Å²) in [5, 5.41) is 0.318. The normalized spacial score (nSPS) is 11.0. The van der Waals surface area contributed by atoms with E-state index in [0.717, 1.165) is 15.7 Å². The molecular formula is C20H11Br2NO3. The first-order valence-electron chi connectivity index (χ1n) is 7.75. The highest BCUT2D eigenvalue weighted by molar-refractivity contribution is 9.11. The average Bonchev–Trinajstić information content (AvgIpc) is 2.64. The minimum Gasteiger partial charge on any atom is -0.408 e. The molecule has 3 aromatic carbocycles. The Balaban J connectivity index is 1.90. The van der Waals surface area contributed by atoms with Gasteiger partial charge in [0.2, 0.25) is 0 Å². The second-order valence-corrected chi connectivity index (χ2v) is 7.46. The fourth-order valence-corrected chi connectivity index (χ4v) is 4.12. The van der Waals surface area contributed by atoms with Crippen molar-refractivity contribution in [1.82, 2.24) is 4.57 Å². The van der Waals surface area contributed by atoms with E-state index in [1.165, 1.54) is 0 Å². The van der Waals surface area contributed by atoms with E-state index in [-0.39, 0.29) is 5.58 Å². The van der Waals surface area contributed by atoms with Crippen molar-refractivity contribution in [3.63, 3.8) is 0 Å². The minimum atomic E-state index is -0.724. The number of benzene rings is 3. The molecule has 0 bridgehead atoms. The minimum absolute atomic E-state index is 0.236. The van der Waals surface area contributed by atoms with E-state index in [9.17, 15) is 9.59 Å². The molecule has 0 aliphatic carbocycles. The molecule has 1 heterocycles. The van der Waals surface area contributed by atoms with Crippen LogP contribution in [0.15, 0.2) is 89.7 Å². The van der Waals surface area contributed by atoms with Gasteiger partial charge in [-0.25, -0.2) is 9.36 Å². The number of aromatic nitrogens is 1. The number of rotatable bonds is 2.